The minimum atomic E-state index is -4.26. The van der Waals surface area contributed by atoms with Gasteiger partial charge in [0.1, 0.15) is 0 Å². The van der Waals surface area contributed by atoms with Gasteiger partial charge < -0.3 is 5.32 Å². The van der Waals surface area contributed by atoms with Crippen LogP contribution in [0.25, 0.3) is 0 Å². The molecule has 20 heavy (non-hydrogen) atoms. The SMILES string of the molecule is CCNCC(Cc1cccc(C(F)(F)F)c1)CC(C)C. The smallest absolute Gasteiger partial charge is 0.317 e. The second-order valence-electron chi connectivity index (χ2n) is 5.71. The molecule has 0 radical (unpaired) electrons. The van der Waals surface area contributed by atoms with Crippen molar-refractivity contribution in [3.63, 3.8) is 0 Å². The van der Waals surface area contributed by atoms with Gasteiger partial charge in [-0.25, -0.2) is 0 Å². The third-order valence-electron chi connectivity index (χ3n) is 3.27. The van der Waals surface area contributed by atoms with E-state index >= 15 is 0 Å². The van der Waals surface area contributed by atoms with Crippen LogP contribution in [0.3, 0.4) is 0 Å². The quantitative estimate of drug-likeness (QED) is 0.777. The minimum absolute atomic E-state index is 0.374. The van der Waals surface area contributed by atoms with Crippen molar-refractivity contribution in [3.8, 4) is 0 Å². The van der Waals surface area contributed by atoms with E-state index in [1.54, 1.807) is 6.07 Å². The van der Waals surface area contributed by atoms with E-state index in [1.807, 2.05) is 6.92 Å². The lowest BCUT2D eigenvalue weighted by atomic mass is 9.90. The van der Waals surface area contributed by atoms with Crippen LogP contribution in [-0.2, 0) is 12.6 Å². The van der Waals surface area contributed by atoms with Gasteiger partial charge in [0.2, 0.25) is 0 Å². The number of rotatable bonds is 7. The topological polar surface area (TPSA) is 12.0 Å². The average molecular weight is 287 g/mol. The van der Waals surface area contributed by atoms with E-state index < -0.39 is 11.7 Å². The molecule has 1 aromatic carbocycles. The molecule has 0 aromatic heterocycles. The Labute approximate surface area is 119 Å². The van der Waals surface area contributed by atoms with Crippen LogP contribution in [0.4, 0.5) is 13.2 Å². The first-order chi connectivity index (χ1) is 9.32. The zero-order valence-electron chi connectivity index (χ0n) is 12.4. The van der Waals surface area contributed by atoms with Gasteiger partial charge in [0.15, 0.2) is 0 Å². The highest BCUT2D eigenvalue weighted by molar-refractivity contribution is 5.26. The Morgan fingerprint density at radius 3 is 2.45 bits per heavy atom. The maximum atomic E-state index is 12.7. The number of nitrogens with one attached hydrogen (secondary N) is 1. The van der Waals surface area contributed by atoms with Crippen molar-refractivity contribution < 1.29 is 13.2 Å². The van der Waals surface area contributed by atoms with Crippen molar-refractivity contribution in [1.82, 2.24) is 5.32 Å². The maximum Gasteiger partial charge on any atom is 0.416 e. The van der Waals surface area contributed by atoms with E-state index in [0.29, 0.717) is 18.3 Å². The number of hydrogen-bond acceptors (Lipinski definition) is 1. The lowest BCUT2D eigenvalue weighted by Crippen LogP contribution is -2.25. The first-order valence-electron chi connectivity index (χ1n) is 7.19. The molecule has 0 spiro atoms. The molecule has 1 N–H and O–H groups in total. The van der Waals surface area contributed by atoms with Gasteiger partial charge in [0, 0.05) is 0 Å². The summed E-state index contributed by atoms with van der Waals surface area (Å²) in [7, 11) is 0. The Hall–Kier alpha value is -1.03. The summed E-state index contributed by atoms with van der Waals surface area (Å²) in [5.41, 5.74) is 0.213. The summed E-state index contributed by atoms with van der Waals surface area (Å²) in [6.07, 6.45) is -2.55. The number of benzene rings is 1. The average Bonchev–Trinajstić information content (AvgIpc) is 2.34. The predicted molar refractivity (Wildman–Crippen MR) is 76.6 cm³/mol. The van der Waals surface area contributed by atoms with Crippen LogP contribution < -0.4 is 5.32 Å². The molecule has 1 nitrogen and oxygen atoms in total. The summed E-state index contributed by atoms with van der Waals surface area (Å²) in [5.74, 6) is 0.919. The van der Waals surface area contributed by atoms with E-state index in [9.17, 15) is 13.2 Å². The Bertz CT molecular complexity index is 399. The fraction of sp³-hybridized carbons (Fsp3) is 0.625. The Balaban J connectivity index is 2.77. The molecule has 0 aliphatic heterocycles. The number of hydrogen-bond donors (Lipinski definition) is 1. The molecular formula is C16H24F3N. The molecule has 0 bridgehead atoms. The van der Waals surface area contributed by atoms with Crippen LogP contribution in [0, 0.1) is 11.8 Å². The molecule has 1 unspecified atom stereocenters. The molecule has 1 atom stereocenters. The summed E-state index contributed by atoms with van der Waals surface area (Å²) in [5, 5.41) is 3.30. The van der Waals surface area contributed by atoms with E-state index in [4.69, 9.17) is 0 Å². The van der Waals surface area contributed by atoms with E-state index in [0.717, 1.165) is 31.1 Å². The van der Waals surface area contributed by atoms with Crippen LogP contribution in [0.2, 0.25) is 0 Å². The van der Waals surface area contributed by atoms with Crippen molar-refractivity contribution >= 4 is 0 Å². The second-order valence-corrected chi connectivity index (χ2v) is 5.71. The van der Waals surface area contributed by atoms with E-state index in [2.05, 4.69) is 19.2 Å². The molecule has 0 heterocycles. The molecule has 0 aliphatic carbocycles. The molecule has 0 fully saturated rings. The van der Waals surface area contributed by atoms with E-state index in [-0.39, 0.29) is 0 Å². The molecule has 0 aliphatic rings. The van der Waals surface area contributed by atoms with Gasteiger partial charge in [0.05, 0.1) is 5.56 Å². The van der Waals surface area contributed by atoms with Crippen molar-refractivity contribution in [1.29, 1.82) is 0 Å². The van der Waals surface area contributed by atoms with Gasteiger partial charge in [0.25, 0.3) is 0 Å². The summed E-state index contributed by atoms with van der Waals surface area (Å²) < 4.78 is 38.1. The molecule has 4 heteroatoms. The fourth-order valence-corrected chi connectivity index (χ4v) is 2.46. The third kappa shape index (κ3) is 5.95. The zero-order valence-corrected chi connectivity index (χ0v) is 12.4. The molecular weight excluding hydrogens is 263 g/mol. The Kier molecular flexibility index (Phi) is 6.53. The van der Waals surface area contributed by atoms with Crippen LogP contribution in [0.5, 0.6) is 0 Å². The van der Waals surface area contributed by atoms with Gasteiger partial charge in [-0.2, -0.15) is 13.2 Å². The first kappa shape index (κ1) is 17.0. The van der Waals surface area contributed by atoms with Crippen molar-refractivity contribution in [2.24, 2.45) is 11.8 Å². The highest BCUT2D eigenvalue weighted by Crippen LogP contribution is 2.30. The predicted octanol–water partition coefficient (Wildman–Crippen LogP) is 4.52. The Morgan fingerprint density at radius 2 is 1.90 bits per heavy atom. The van der Waals surface area contributed by atoms with Gasteiger partial charge in [-0.15, -0.1) is 0 Å². The number of halogens is 3. The molecule has 0 saturated carbocycles. The van der Waals surface area contributed by atoms with E-state index in [1.165, 1.54) is 12.1 Å². The van der Waals surface area contributed by atoms with Gasteiger partial charge >= 0.3 is 6.18 Å². The van der Waals surface area contributed by atoms with Gasteiger partial charge in [-0.3, -0.25) is 0 Å². The van der Waals surface area contributed by atoms with Crippen molar-refractivity contribution in [2.45, 2.75) is 39.8 Å². The monoisotopic (exact) mass is 287 g/mol. The lowest BCUT2D eigenvalue weighted by Gasteiger charge is -2.20. The molecule has 1 rings (SSSR count). The highest BCUT2D eigenvalue weighted by atomic mass is 19.4. The first-order valence-corrected chi connectivity index (χ1v) is 7.19. The minimum Gasteiger partial charge on any atom is -0.317 e. The normalized spacial score (nSPS) is 13.8. The summed E-state index contributed by atoms with van der Waals surface area (Å²) >= 11 is 0. The van der Waals surface area contributed by atoms with Crippen LogP contribution in [0.1, 0.15) is 38.3 Å². The zero-order chi connectivity index (χ0) is 15.2. The second kappa shape index (κ2) is 7.67. The maximum absolute atomic E-state index is 12.7. The largest absolute Gasteiger partial charge is 0.416 e. The summed E-state index contributed by atoms with van der Waals surface area (Å²) in [4.78, 5) is 0. The molecule has 1 aromatic rings. The lowest BCUT2D eigenvalue weighted by molar-refractivity contribution is -0.137. The molecule has 114 valence electrons. The molecule has 0 amide bonds. The fourth-order valence-electron chi connectivity index (χ4n) is 2.46. The van der Waals surface area contributed by atoms with Crippen molar-refractivity contribution in [3.05, 3.63) is 35.4 Å². The number of alkyl halides is 3. The van der Waals surface area contributed by atoms with Gasteiger partial charge in [-0.05, 0) is 49.4 Å². The third-order valence-corrected chi connectivity index (χ3v) is 3.27. The van der Waals surface area contributed by atoms with Crippen molar-refractivity contribution in [2.75, 3.05) is 13.1 Å². The van der Waals surface area contributed by atoms with Crippen LogP contribution in [-0.4, -0.2) is 13.1 Å². The summed E-state index contributed by atoms with van der Waals surface area (Å²) in [6.45, 7) is 8.06. The van der Waals surface area contributed by atoms with Gasteiger partial charge in [-0.1, -0.05) is 39.0 Å². The van der Waals surface area contributed by atoms with Crippen LogP contribution >= 0.6 is 0 Å². The highest BCUT2D eigenvalue weighted by Gasteiger charge is 2.30. The Morgan fingerprint density at radius 1 is 1.20 bits per heavy atom. The molecule has 0 saturated heterocycles. The summed E-state index contributed by atoms with van der Waals surface area (Å²) in [6, 6.07) is 5.69. The standard InChI is InChI=1S/C16H24F3N/c1-4-20-11-14(8-12(2)3)9-13-6-5-7-15(10-13)16(17,18)19/h5-7,10,12,14,20H,4,8-9,11H2,1-3H3. The van der Waals surface area contributed by atoms with Crippen LogP contribution in [0.15, 0.2) is 24.3 Å².